The number of amides is 1. The van der Waals surface area contributed by atoms with Gasteiger partial charge in [0.1, 0.15) is 5.69 Å². The lowest BCUT2D eigenvalue weighted by Gasteiger charge is -2.23. The Morgan fingerprint density at radius 3 is 2.62 bits per heavy atom. The number of hydrogen-bond acceptors (Lipinski definition) is 5. The zero-order valence-electron chi connectivity index (χ0n) is 14.5. The van der Waals surface area contributed by atoms with Gasteiger partial charge in [-0.05, 0) is 43.9 Å². The average molecular weight is 415 g/mol. The molecule has 0 spiro atoms. The highest BCUT2D eigenvalue weighted by Crippen LogP contribution is 2.33. The lowest BCUT2D eigenvalue weighted by molar-refractivity contribution is -0.126. The molecule has 1 atom stereocenters. The molecule has 1 saturated heterocycles. The fourth-order valence-electron chi connectivity index (χ4n) is 2.57. The monoisotopic (exact) mass is 414 g/mol. The number of carbonyl (C=O) groups is 2. The van der Waals surface area contributed by atoms with Crippen molar-refractivity contribution in [2.24, 2.45) is 10.7 Å². The molecule has 1 unspecified atom stereocenters. The molecular formula is C17H20Cl2N4O2S. The van der Waals surface area contributed by atoms with E-state index in [2.05, 4.69) is 9.89 Å². The van der Waals surface area contributed by atoms with E-state index < -0.39 is 0 Å². The third kappa shape index (κ3) is 5.48. The van der Waals surface area contributed by atoms with E-state index in [-0.39, 0.29) is 22.0 Å². The quantitative estimate of drug-likeness (QED) is 0.346. The second-order valence-corrected chi connectivity index (χ2v) is 7.85. The minimum Gasteiger partial charge on any atom is -0.378 e. The molecule has 0 aromatic heterocycles. The van der Waals surface area contributed by atoms with Crippen LogP contribution < -0.4 is 5.73 Å². The minimum atomic E-state index is -0.247. The summed E-state index contributed by atoms with van der Waals surface area (Å²) in [5.41, 5.74) is 6.20. The Kier molecular flexibility index (Phi) is 7.52. The van der Waals surface area contributed by atoms with Crippen LogP contribution in [0.1, 0.15) is 6.42 Å². The van der Waals surface area contributed by atoms with Crippen LogP contribution in [0.5, 0.6) is 0 Å². The number of hydrogen-bond donors (Lipinski definition) is 1. The summed E-state index contributed by atoms with van der Waals surface area (Å²) in [6.07, 6.45) is 2.76. The normalized spacial score (nSPS) is 18.8. The number of para-hydroxylation sites is 1. The Labute approximate surface area is 167 Å². The maximum Gasteiger partial charge on any atom is 0.247 e. The molecule has 1 heterocycles. The number of aliphatic imine (C=N–C) groups is 1. The molecule has 1 aliphatic heterocycles. The number of carbonyl (C=O) groups excluding carboxylic acids is 2. The van der Waals surface area contributed by atoms with E-state index >= 15 is 0 Å². The third-order valence-corrected chi connectivity index (χ3v) is 5.39. The number of likely N-dealkylation sites (N-methyl/N-ethyl adjacent to an activating group) is 2. The Hall–Kier alpha value is -1.54. The van der Waals surface area contributed by atoms with Crippen LogP contribution in [0.25, 0.3) is 0 Å². The van der Waals surface area contributed by atoms with E-state index in [0.29, 0.717) is 22.0 Å². The highest BCUT2D eigenvalue weighted by molar-refractivity contribution is 8.17. The van der Waals surface area contributed by atoms with Crippen LogP contribution in [-0.2, 0) is 9.59 Å². The molecule has 26 heavy (non-hydrogen) atoms. The van der Waals surface area contributed by atoms with Gasteiger partial charge in [0.25, 0.3) is 0 Å². The van der Waals surface area contributed by atoms with Gasteiger partial charge in [0.15, 0.2) is 11.5 Å². The molecule has 1 amide bonds. The zero-order valence-corrected chi connectivity index (χ0v) is 16.8. The summed E-state index contributed by atoms with van der Waals surface area (Å²) in [7, 11) is 3.74. The maximum absolute atomic E-state index is 12.4. The van der Waals surface area contributed by atoms with Gasteiger partial charge in [-0.2, -0.15) is 0 Å². The van der Waals surface area contributed by atoms with E-state index in [1.54, 1.807) is 30.1 Å². The molecule has 6 nitrogen and oxygen atoms in total. The van der Waals surface area contributed by atoms with Gasteiger partial charge in [0, 0.05) is 25.7 Å². The van der Waals surface area contributed by atoms with Crippen LogP contribution in [0.15, 0.2) is 34.2 Å². The third-order valence-electron chi connectivity index (χ3n) is 4.03. The number of nitrogens with zero attached hydrogens (tertiary/aromatic N) is 3. The predicted octanol–water partition coefficient (Wildman–Crippen LogP) is 2.92. The van der Waals surface area contributed by atoms with Crippen molar-refractivity contribution in [1.82, 2.24) is 9.80 Å². The lowest BCUT2D eigenvalue weighted by atomic mass is 10.2. The number of thioether (sulfide) groups is 1. The topological polar surface area (TPSA) is 79.0 Å². The van der Waals surface area contributed by atoms with E-state index in [4.69, 9.17) is 28.9 Å². The van der Waals surface area contributed by atoms with Crippen LogP contribution in [0.3, 0.4) is 0 Å². The molecule has 0 bridgehead atoms. The van der Waals surface area contributed by atoms with Gasteiger partial charge in [-0.1, -0.05) is 29.3 Å². The molecule has 140 valence electrons. The van der Waals surface area contributed by atoms with Gasteiger partial charge < -0.3 is 15.5 Å². The van der Waals surface area contributed by atoms with Gasteiger partial charge in [0.2, 0.25) is 5.91 Å². The van der Waals surface area contributed by atoms with Crippen molar-refractivity contribution in [3.63, 3.8) is 0 Å². The zero-order chi connectivity index (χ0) is 19.3. The van der Waals surface area contributed by atoms with Gasteiger partial charge in [0.05, 0.1) is 15.0 Å². The first-order chi connectivity index (χ1) is 12.3. The average Bonchev–Trinajstić information content (AvgIpc) is 3.03. The van der Waals surface area contributed by atoms with Crippen LogP contribution in [-0.4, -0.2) is 60.4 Å². The fraction of sp³-hybridized carbons (Fsp3) is 0.353. The van der Waals surface area contributed by atoms with Gasteiger partial charge in [-0.3, -0.25) is 9.59 Å². The van der Waals surface area contributed by atoms with Gasteiger partial charge in [-0.15, -0.1) is 0 Å². The van der Waals surface area contributed by atoms with Crippen molar-refractivity contribution in [3.05, 3.63) is 39.2 Å². The largest absolute Gasteiger partial charge is 0.378 e. The predicted molar refractivity (Wildman–Crippen MR) is 108 cm³/mol. The number of amidine groups is 1. The second kappa shape index (κ2) is 9.41. The summed E-state index contributed by atoms with van der Waals surface area (Å²) >= 11 is 13.0. The molecule has 1 aliphatic rings. The molecule has 1 fully saturated rings. The van der Waals surface area contributed by atoms with E-state index in [1.165, 1.54) is 6.08 Å². The first kappa shape index (κ1) is 20.8. The fourth-order valence-corrected chi connectivity index (χ4v) is 3.64. The number of aldehydes is 1. The first-order valence-electron chi connectivity index (χ1n) is 7.90. The molecule has 0 aliphatic carbocycles. The van der Waals surface area contributed by atoms with E-state index in [1.807, 2.05) is 7.05 Å². The van der Waals surface area contributed by atoms with Crippen molar-refractivity contribution in [2.45, 2.75) is 12.5 Å². The molecule has 0 saturated carbocycles. The number of allylic oxidation sites excluding steroid dienone is 1. The van der Waals surface area contributed by atoms with Crippen molar-refractivity contribution in [3.8, 4) is 0 Å². The highest BCUT2D eigenvalue weighted by atomic mass is 35.5. The highest BCUT2D eigenvalue weighted by Gasteiger charge is 2.25. The van der Waals surface area contributed by atoms with Crippen LogP contribution in [0.4, 0.5) is 5.69 Å². The Morgan fingerprint density at radius 2 is 2.08 bits per heavy atom. The molecule has 0 radical (unpaired) electrons. The Balaban J connectivity index is 2.10. The molecular weight excluding hydrogens is 395 g/mol. The number of rotatable bonds is 5. The molecule has 2 N–H and O–H groups in total. The van der Waals surface area contributed by atoms with Gasteiger partial charge in [-0.25, -0.2) is 4.99 Å². The van der Waals surface area contributed by atoms with Crippen LogP contribution in [0, 0.1) is 0 Å². The second-order valence-electron chi connectivity index (χ2n) is 5.94. The molecule has 1 aromatic carbocycles. The van der Waals surface area contributed by atoms with Crippen molar-refractivity contribution >= 4 is 58.0 Å². The van der Waals surface area contributed by atoms with Crippen LogP contribution in [0.2, 0.25) is 10.0 Å². The summed E-state index contributed by atoms with van der Waals surface area (Å²) < 4.78 is 0. The summed E-state index contributed by atoms with van der Waals surface area (Å²) in [6, 6.07) is 5.10. The SMILES string of the molecule is CN1CCC(N(C)C(=O)/C=C(/C=O)SC(N)=Nc2c(Cl)cccc2Cl)C1. The van der Waals surface area contributed by atoms with Crippen molar-refractivity contribution < 1.29 is 9.59 Å². The number of nitrogens with two attached hydrogens (primary N) is 1. The Bertz CT molecular complexity index is 734. The molecule has 2 rings (SSSR count). The van der Waals surface area contributed by atoms with Crippen LogP contribution >= 0.6 is 35.0 Å². The summed E-state index contributed by atoms with van der Waals surface area (Å²) in [6.45, 7) is 1.76. The minimum absolute atomic E-state index is 0.0643. The molecule has 9 heteroatoms. The summed E-state index contributed by atoms with van der Waals surface area (Å²) in [5.74, 6) is -0.247. The number of likely N-dealkylation sites (tertiary alicyclic amines) is 1. The number of halogens is 2. The first-order valence-corrected chi connectivity index (χ1v) is 9.47. The lowest BCUT2D eigenvalue weighted by Crippen LogP contribution is -2.37. The van der Waals surface area contributed by atoms with E-state index in [0.717, 1.165) is 31.3 Å². The number of benzene rings is 1. The maximum atomic E-state index is 12.4. The van der Waals surface area contributed by atoms with E-state index in [9.17, 15) is 9.59 Å². The summed E-state index contributed by atoms with van der Waals surface area (Å²) in [5, 5.41) is 0.757. The Morgan fingerprint density at radius 1 is 1.42 bits per heavy atom. The smallest absolute Gasteiger partial charge is 0.247 e. The van der Waals surface area contributed by atoms with Crippen molar-refractivity contribution in [1.29, 1.82) is 0 Å². The van der Waals surface area contributed by atoms with Gasteiger partial charge >= 0.3 is 0 Å². The summed E-state index contributed by atoms with van der Waals surface area (Å²) in [4.78, 5) is 31.8. The van der Waals surface area contributed by atoms with Crippen molar-refractivity contribution in [2.75, 3.05) is 27.2 Å². The molecule has 1 aromatic rings. The standard InChI is InChI=1S/C17H20Cl2N4O2S/c1-22-7-6-11(9-22)23(2)15(25)8-12(10-24)26-17(20)21-16-13(18)4-3-5-14(16)19/h3-5,8,10-11H,6-7,9H2,1-2H3,(H2,20,21)/b12-8-.